The van der Waals surface area contributed by atoms with Gasteiger partial charge in [0, 0.05) is 12.1 Å². The molecule has 2 aliphatic heterocycles. The van der Waals surface area contributed by atoms with Crippen LogP contribution in [-0.4, -0.2) is 43.4 Å². The van der Waals surface area contributed by atoms with Crippen molar-refractivity contribution < 1.29 is 27.6 Å². The van der Waals surface area contributed by atoms with Gasteiger partial charge in [0.25, 0.3) is 0 Å². The maximum absolute atomic E-state index is 13.2. The van der Waals surface area contributed by atoms with E-state index < -0.39 is 39.2 Å². The molecule has 2 heterocycles. The number of nitrogens with zero attached hydrogens (tertiary/aromatic N) is 1. The van der Waals surface area contributed by atoms with Gasteiger partial charge in [-0.3, -0.25) is 14.4 Å². The Hall–Kier alpha value is -2.75. The highest BCUT2D eigenvalue weighted by Crippen LogP contribution is 2.45. The number of rotatable bonds is 5. The molecule has 0 aromatic heterocycles. The molecule has 0 aliphatic carbocycles. The molecule has 3 atom stereocenters. The van der Waals surface area contributed by atoms with Crippen molar-refractivity contribution in [3.8, 4) is 0 Å². The zero-order valence-electron chi connectivity index (χ0n) is 17.3. The van der Waals surface area contributed by atoms with Gasteiger partial charge in [0.1, 0.15) is 6.04 Å². The van der Waals surface area contributed by atoms with Gasteiger partial charge >= 0.3 is 5.97 Å². The molecule has 4 rings (SSSR count). The number of aryl methyl sites for hydroxylation is 1. The molecule has 1 amide bonds. The number of amides is 1. The summed E-state index contributed by atoms with van der Waals surface area (Å²) in [6.45, 7) is 3.76. The van der Waals surface area contributed by atoms with Gasteiger partial charge in [-0.25, -0.2) is 8.42 Å². The molecule has 0 unspecified atom stereocenters. The van der Waals surface area contributed by atoms with E-state index >= 15 is 0 Å². The second kappa shape index (κ2) is 8.41. The first-order chi connectivity index (χ1) is 14.8. The van der Waals surface area contributed by atoms with E-state index in [2.05, 4.69) is 5.32 Å². The highest BCUT2D eigenvalue weighted by Gasteiger charge is 2.50. The van der Waals surface area contributed by atoms with E-state index in [0.717, 1.165) is 11.1 Å². The number of sulfone groups is 1. The number of nitrogens with one attached hydrogen (secondary N) is 1. The first-order valence-corrected chi connectivity index (χ1v) is 11.7. The molecule has 0 radical (unpaired) electrons. The van der Waals surface area contributed by atoms with Crippen LogP contribution in [0.5, 0.6) is 0 Å². The van der Waals surface area contributed by atoms with E-state index in [1.807, 2.05) is 19.1 Å². The lowest BCUT2D eigenvalue weighted by Crippen LogP contribution is -2.43. The maximum atomic E-state index is 13.2. The van der Waals surface area contributed by atoms with Gasteiger partial charge in [0.2, 0.25) is 15.7 Å². The number of hydrogen-bond donors (Lipinski definition) is 1. The molecule has 1 fully saturated rings. The van der Waals surface area contributed by atoms with E-state index in [0.29, 0.717) is 5.69 Å². The Morgan fingerprint density at radius 3 is 2.65 bits per heavy atom. The Morgan fingerprint density at radius 2 is 1.94 bits per heavy atom. The Bertz CT molecular complexity index is 1100. The van der Waals surface area contributed by atoms with Crippen LogP contribution in [0, 0.1) is 6.92 Å². The minimum absolute atomic E-state index is 0.128. The molecule has 0 bridgehead atoms. The molecule has 0 spiro atoms. The fourth-order valence-corrected chi connectivity index (χ4v) is 5.63. The number of benzene rings is 2. The number of ether oxygens (including phenoxy) is 1. The SMILES string of the molecule is CCOC(=O)C[C@@H]1C(=O)Nc2cccc(C)c2[C@@H]2C[C@@H](S(=O)(=O)c3ccccc3)ON12. The van der Waals surface area contributed by atoms with Gasteiger partial charge in [0.15, 0.2) is 5.44 Å². The fraction of sp³-hybridized carbons (Fsp3) is 0.364. The van der Waals surface area contributed by atoms with Crippen LogP contribution in [0.2, 0.25) is 0 Å². The third-order valence-corrected chi connectivity index (χ3v) is 7.47. The molecule has 0 saturated carbocycles. The van der Waals surface area contributed by atoms with E-state index in [9.17, 15) is 18.0 Å². The average molecular weight is 445 g/mol. The quantitative estimate of drug-likeness (QED) is 0.708. The van der Waals surface area contributed by atoms with Crippen LogP contribution >= 0.6 is 0 Å². The number of hydrogen-bond acceptors (Lipinski definition) is 7. The summed E-state index contributed by atoms with van der Waals surface area (Å²) >= 11 is 0. The molecule has 2 aromatic rings. The van der Waals surface area contributed by atoms with Gasteiger partial charge in [-0.1, -0.05) is 30.3 Å². The van der Waals surface area contributed by atoms with Crippen LogP contribution in [0.4, 0.5) is 5.69 Å². The molecule has 2 aliphatic rings. The zero-order valence-corrected chi connectivity index (χ0v) is 18.1. The second-order valence-corrected chi connectivity index (χ2v) is 9.64. The van der Waals surface area contributed by atoms with E-state index in [1.54, 1.807) is 31.2 Å². The van der Waals surface area contributed by atoms with Crippen LogP contribution in [0.1, 0.15) is 36.9 Å². The Morgan fingerprint density at radius 1 is 1.19 bits per heavy atom. The summed E-state index contributed by atoms with van der Waals surface area (Å²) < 4.78 is 31.5. The van der Waals surface area contributed by atoms with Gasteiger partial charge < -0.3 is 10.1 Å². The standard InChI is InChI=1S/C22H24N2O6S/c1-3-29-19(25)12-18-22(26)23-16-11-7-8-14(2)21(16)17-13-20(30-24(17)18)31(27,28)15-9-5-4-6-10-15/h4-11,17-18,20H,3,12-13H2,1-2H3,(H,23,26)/t17-,18+,20+/m0/s1. The minimum atomic E-state index is -3.82. The molecule has 8 nitrogen and oxygen atoms in total. The van der Waals surface area contributed by atoms with Crippen molar-refractivity contribution in [1.82, 2.24) is 5.06 Å². The van der Waals surface area contributed by atoms with Crippen LogP contribution in [0.3, 0.4) is 0 Å². The minimum Gasteiger partial charge on any atom is -0.466 e. The van der Waals surface area contributed by atoms with Crippen molar-refractivity contribution >= 4 is 27.4 Å². The van der Waals surface area contributed by atoms with Gasteiger partial charge in [-0.15, -0.1) is 0 Å². The van der Waals surface area contributed by atoms with Crippen molar-refractivity contribution in [2.75, 3.05) is 11.9 Å². The van der Waals surface area contributed by atoms with Gasteiger partial charge in [0.05, 0.1) is 24.0 Å². The highest BCUT2D eigenvalue weighted by molar-refractivity contribution is 7.92. The Kier molecular flexibility index (Phi) is 5.83. The molecule has 31 heavy (non-hydrogen) atoms. The Balaban J connectivity index is 1.75. The fourth-order valence-electron chi connectivity index (χ4n) is 4.14. The third kappa shape index (κ3) is 3.96. The van der Waals surface area contributed by atoms with Crippen molar-refractivity contribution in [3.63, 3.8) is 0 Å². The lowest BCUT2D eigenvalue weighted by Gasteiger charge is -2.27. The summed E-state index contributed by atoms with van der Waals surface area (Å²) in [6.07, 6.45) is -0.120. The topological polar surface area (TPSA) is 102 Å². The normalized spacial score (nSPS) is 23.4. The highest BCUT2D eigenvalue weighted by atomic mass is 32.2. The summed E-state index contributed by atoms with van der Waals surface area (Å²) in [5, 5.41) is 4.23. The number of esters is 1. The summed E-state index contributed by atoms with van der Waals surface area (Å²) in [5.74, 6) is -0.998. The first kappa shape index (κ1) is 21.5. The molecule has 1 N–H and O–H groups in total. The Labute approximate surface area is 181 Å². The predicted molar refractivity (Wildman–Crippen MR) is 113 cm³/mol. The molecular formula is C22H24N2O6S. The van der Waals surface area contributed by atoms with Crippen molar-refractivity contribution in [2.45, 2.75) is 49.1 Å². The summed E-state index contributed by atoms with van der Waals surface area (Å²) in [6, 6.07) is 12.0. The molecule has 164 valence electrons. The average Bonchev–Trinajstić information content (AvgIpc) is 3.14. The van der Waals surface area contributed by atoms with Crippen molar-refractivity contribution in [1.29, 1.82) is 0 Å². The number of hydroxylamine groups is 2. The zero-order chi connectivity index (χ0) is 22.2. The summed E-state index contributed by atoms with van der Waals surface area (Å²) in [7, 11) is -3.82. The smallest absolute Gasteiger partial charge is 0.308 e. The molecule has 9 heteroatoms. The lowest BCUT2D eigenvalue weighted by atomic mass is 9.97. The first-order valence-electron chi connectivity index (χ1n) is 10.1. The monoisotopic (exact) mass is 444 g/mol. The second-order valence-electron chi connectivity index (χ2n) is 7.55. The molecule has 2 aromatic carbocycles. The molecule has 1 saturated heterocycles. The van der Waals surface area contributed by atoms with Crippen LogP contribution in [0.15, 0.2) is 53.4 Å². The largest absolute Gasteiger partial charge is 0.466 e. The van der Waals surface area contributed by atoms with Crippen LogP contribution in [-0.2, 0) is 29.0 Å². The number of fused-ring (bicyclic) bond motifs is 3. The predicted octanol–water partition coefficient (Wildman–Crippen LogP) is 2.75. The van der Waals surface area contributed by atoms with Crippen LogP contribution in [0.25, 0.3) is 0 Å². The summed E-state index contributed by atoms with van der Waals surface area (Å²) in [4.78, 5) is 31.3. The summed E-state index contributed by atoms with van der Waals surface area (Å²) in [5.41, 5.74) is 1.09. The number of carbonyl (C=O) groups is 2. The van der Waals surface area contributed by atoms with E-state index in [-0.39, 0.29) is 24.3 Å². The third-order valence-electron chi connectivity index (χ3n) is 5.57. The van der Waals surface area contributed by atoms with Crippen LogP contribution < -0.4 is 5.32 Å². The van der Waals surface area contributed by atoms with Crippen molar-refractivity contribution in [3.05, 3.63) is 59.7 Å². The van der Waals surface area contributed by atoms with E-state index in [1.165, 1.54) is 17.2 Å². The van der Waals surface area contributed by atoms with Crippen molar-refractivity contribution in [2.24, 2.45) is 0 Å². The van der Waals surface area contributed by atoms with Gasteiger partial charge in [-0.2, -0.15) is 5.06 Å². The maximum Gasteiger partial charge on any atom is 0.308 e. The molecular weight excluding hydrogens is 420 g/mol. The van der Waals surface area contributed by atoms with E-state index in [4.69, 9.17) is 9.57 Å². The van der Waals surface area contributed by atoms with Gasteiger partial charge in [-0.05, 0) is 43.2 Å². The lowest BCUT2D eigenvalue weighted by molar-refractivity contribution is -0.184. The number of carbonyl (C=O) groups excluding carboxylic acids is 2. The number of anilines is 1.